The molecular formula is C19H28N4S. The minimum atomic E-state index is 0.438. The number of benzene rings is 1. The molecule has 0 aliphatic carbocycles. The topological polar surface area (TPSA) is 49.3 Å². The van der Waals surface area contributed by atoms with Crippen LogP contribution < -0.4 is 10.6 Å². The van der Waals surface area contributed by atoms with Gasteiger partial charge in [-0.15, -0.1) is 11.3 Å². The van der Waals surface area contributed by atoms with Crippen molar-refractivity contribution in [3.63, 3.8) is 0 Å². The van der Waals surface area contributed by atoms with E-state index in [2.05, 4.69) is 72.6 Å². The molecule has 0 bridgehead atoms. The molecule has 4 nitrogen and oxygen atoms in total. The summed E-state index contributed by atoms with van der Waals surface area (Å²) in [6.45, 7) is 10.2. The Labute approximate surface area is 149 Å². The first-order valence-corrected chi connectivity index (χ1v) is 9.25. The molecule has 0 saturated heterocycles. The number of hydrogen-bond donors (Lipinski definition) is 2. The van der Waals surface area contributed by atoms with Crippen LogP contribution in [0.1, 0.15) is 39.5 Å². The molecule has 1 aromatic carbocycles. The standard InChI is InChI=1S/C19H28N4S/c1-13-6-8-17(9-7-13)14(2)12-22-19(20-5)21-11-10-18-23-15(3)16(4)24-18/h6-9,14H,10-12H2,1-5H3,(H2,20,21,22). The van der Waals surface area contributed by atoms with Gasteiger partial charge in [0, 0.05) is 31.4 Å². The maximum absolute atomic E-state index is 4.57. The molecule has 0 saturated carbocycles. The number of thiazole rings is 1. The predicted octanol–water partition coefficient (Wildman–Crippen LogP) is 3.58. The molecule has 0 radical (unpaired) electrons. The zero-order valence-corrected chi connectivity index (χ0v) is 16.1. The lowest BCUT2D eigenvalue weighted by molar-refractivity contribution is 0.697. The highest BCUT2D eigenvalue weighted by Crippen LogP contribution is 2.16. The number of nitrogens with zero attached hydrogens (tertiary/aromatic N) is 2. The third-order valence-electron chi connectivity index (χ3n) is 4.15. The molecule has 2 N–H and O–H groups in total. The van der Waals surface area contributed by atoms with E-state index in [4.69, 9.17) is 0 Å². The maximum atomic E-state index is 4.57. The highest BCUT2D eigenvalue weighted by Gasteiger charge is 2.07. The van der Waals surface area contributed by atoms with Gasteiger partial charge in [0.15, 0.2) is 5.96 Å². The fourth-order valence-corrected chi connectivity index (χ4v) is 3.35. The summed E-state index contributed by atoms with van der Waals surface area (Å²) in [5.41, 5.74) is 3.78. The molecule has 5 heteroatoms. The maximum Gasteiger partial charge on any atom is 0.191 e. The van der Waals surface area contributed by atoms with Crippen LogP contribution in [-0.2, 0) is 6.42 Å². The van der Waals surface area contributed by atoms with E-state index in [9.17, 15) is 0 Å². The first-order chi connectivity index (χ1) is 11.5. The Morgan fingerprint density at radius 1 is 1.17 bits per heavy atom. The Hall–Kier alpha value is -1.88. The SMILES string of the molecule is CN=C(NCCc1nc(C)c(C)s1)NCC(C)c1ccc(C)cc1. The van der Waals surface area contributed by atoms with Crippen LogP contribution in [0.25, 0.3) is 0 Å². The smallest absolute Gasteiger partial charge is 0.191 e. The van der Waals surface area contributed by atoms with Crippen molar-refractivity contribution in [2.45, 2.75) is 40.0 Å². The minimum absolute atomic E-state index is 0.438. The van der Waals surface area contributed by atoms with Gasteiger partial charge in [0.05, 0.1) is 10.7 Å². The van der Waals surface area contributed by atoms with Crippen LogP contribution in [0.15, 0.2) is 29.3 Å². The van der Waals surface area contributed by atoms with Crippen molar-refractivity contribution in [1.29, 1.82) is 0 Å². The summed E-state index contributed by atoms with van der Waals surface area (Å²) in [5.74, 6) is 1.28. The lowest BCUT2D eigenvalue weighted by Gasteiger charge is -2.16. The van der Waals surface area contributed by atoms with E-state index in [0.29, 0.717) is 5.92 Å². The summed E-state index contributed by atoms with van der Waals surface area (Å²) in [6, 6.07) is 8.73. The van der Waals surface area contributed by atoms with Gasteiger partial charge in [-0.1, -0.05) is 36.8 Å². The van der Waals surface area contributed by atoms with Gasteiger partial charge >= 0.3 is 0 Å². The monoisotopic (exact) mass is 344 g/mol. The van der Waals surface area contributed by atoms with Crippen LogP contribution in [0.3, 0.4) is 0 Å². The molecular weight excluding hydrogens is 316 g/mol. The molecule has 0 amide bonds. The van der Waals surface area contributed by atoms with Gasteiger partial charge in [-0.3, -0.25) is 4.99 Å². The number of aromatic nitrogens is 1. The molecule has 0 spiro atoms. The quantitative estimate of drug-likeness (QED) is 0.622. The van der Waals surface area contributed by atoms with Gasteiger partial charge in [0.1, 0.15) is 0 Å². The lowest BCUT2D eigenvalue weighted by Crippen LogP contribution is -2.39. The largest absolute Gasteiger partial charge is 0.356 e. The Kier molecular flexibility index (Phi) is 6.79. The first kappa shape index (κ1) is 18.5. The first-order valence-electron chi connectivity index (χ1n) is 8.43. The van der Waals surface area contributed by atoms with Crippen molar-refractivity contribution in [3.8, 4) is 0 Å². The third-order valence-corrected chi connectivity index (χ3v) is 5.28. The molecule has 1 aromatic heterocycles. The number of hydrogen-bond acceptors (Lipinski definition) is 3. The average Bonchev–Trinajstić information content (AvgIpc) is 2.89. The van der Waals surface area contributed by atoms with Gasteiger partial charge < -0.3 is 10.6 Å². The molecule has 130 valence electrons. The Morgan fingerprint density at radius 3 is 2.46 bits per heavy atom. The van der Waals surface area contributed by atoms with E-state index in [0.717, 1.165) is 31.2 Å². The van der Waals surface area contributed by atoms with Crippen molar-refractivity contribution in [2.24, 2.45) is 4.99 Å². The van der Waals surface area contributed by atoms with Gasteiger partial charge in [0.25, 0.3) is 0 Å². The minimum Gasteiger partial charge on any atom is -0.356 e. The van der Waals surface area contributed by atoms with Crippen LogP contribution in [0.4, 0.5) is 0 Å². The fraction of sp³-hybridized carbons (Fsp3) is 0.474. The van der Waals surface area contributed by atoms with Crippen LogP contribution in [0.5, 0.6) is 0 Å². The molecule has 0 aliphatic heterocycles. The molecule has 1 unspecified atom stereocenters. The number of guanidine groups is 1. The summed E-state index contributed by atoms with van der Waals surface area (Å²) in [5, 5.41) is 7.96. The van der Waals surface area contributed by atoms with E-state index in [1.165, 1.54) is 21.0 Å². The third kappa shape index (κ3) is 5.34. The van der Waals surface area contributed by atoms with Crippen LogP contribution in [0, 0.1) is 20.8 Å². The molecule has 24 heavy (non-hydrogen) atoms. The van der Waals surface area contributed by atoms with E-state index in [1.54, 1.807) is 11.3 Å². The number of rotatable bonds is 6. The fourth-order valence-electron chi connectivity index (χ4n) is 2.42. The normalized spacial score (nSPS) is 13.0. The zero-order chi connectivity index (χ0) is 17.5. The van der Waals surface area contributed by atoms with Crippen molar-refractivity contribution in [3.05, 3.63) is 51.0 Å². The Bertz CT molecular complexity index is 654. The van der Waals surface area contributed by atoms with Gasteiger partial charge in [-0.05, 0) is 32.3 Å². The predicted molar refractivity (Wildman–Crippen MR) is 104 cm³/mol. The van der Waals surface area contributed by atoms with E-state index < -0.39 is 0 Å². The van der Waals surface area contributed by atoms with Crippen molar-refractivity contribution in [1.82, 2.24) is 15.6 Å². The van der Waals surface area contributed by atoms with Gasteiger partial charge in [0.2, 0.25) is 0 Å². The second-order valence-corrected chi connectivity index (χ2v) is 7.48. The van der Waals surface area contributed by atoms with Crippen LogP contribution in [-0.4, -0.2) is 31.1 Å². The van der Waals surface area contributed by atoms with Crippen LogP contribution >= 0.6 is 11.3 Å². The van der Waals surface area contributed by atoms with Gasteiger partial charge in [-0.25, -0.2) is 4.98 Å². The number of aliphatic imine (C=N–C) groups is 1. The van der Waals surface area contributed by atoms with Crippen LogP contribution in [0.2, 0.25) is 0 Å². The second kappa shape index (κ2) is 8.83. The molecule has 1 heterocycles. The van der Waals surface area contributed by atoms with Gasteiger partial charge in [-0.2, -0.15) is 0 Å². The van der Waals surface area contributed by atoms with Crippen molar-refractivity contribution >= 4 is 17.3 Å². The van der Waals surface area contributed by atoms with E-state index >= 15 is 0 Å². The molecule has 0 fully saturated rings. The highest BCUT2D eigenvalue weighted by atomic mass is 32.1. The lowest BCUT2D eigenvalue weighted by atomic mass is 10.0. The Morgan fingerprint density at radius 2 is 1.88 bits per heavy atom. The number of nitrogens with one attached hydrogen (secondary N) is 2. The summed E-state index contributed by atoms with van der Waals surface area (Å²) in [7, 11) is 1.81. The summed E-state index contributed by atoms with van der Waals surface area (Å²) in [6.07, 6.45) is 0.924. The van der Waals surface area contributed by atoms with Crippen molar-refractivity contribution in [2.75, 3.05) is 20.1 Å². The summed E-state index contributed by atoms with van der Waals surface area (Å²) in [4.78, 5) is 10.2. The Balaban J connectivity index is 1.76. The zero-order valence-electron chi connectivity index (χ0n) is 15.3. The highest BCUT2D eigenvalue weighted by molar-refractivity contribution is 7.11. The molecule has 2 aromatic rings. The molecule has 0 aliphatic rings. The summed E-state index contributed by atoms with van der Waals surface area (Å²) < 4.78 is 0. The number of aryl methyl sites for hydroxylation is 3. The molecule has 1 atom stereocenters. The van der Waals surface area contributed by atoms with Crippen molar-refractivity contribution < 1.29 is 0 Å². The molecule has 2 rings (SSSR count). The van der Waals surface area contributed by atoms with E-state index in [-0.39, 0.29) is 0 Å². The average molecular weight is 345 g/mol. The second-order valence-electron chi connectivity index (χ2n) is 6.19. The van der Waals surface area contributed by atoms with E-state index in [1.807, 2.05) is 7.05 Å². The summed E-state index contributed by atoms with van der Waals surface area (Å²) >= 11 is 1.78.